The van der Waals surface area contributed by atoms with Crippen molar-refractivity contribution in [3.8, 4) is 17.1 Å². The highest BCUT2D eigenvalue weighted by atomic mass is 32.2. The van der Waals surface area contributed by atoms with Gasteiger partial charge in [-0.2, -0.15) is 0 Å². The molecule has 0 radical (unpaired) electrons. The van der Waals surface area contributed by atoms with Gasteiger partial charge in [0, 0.05) is 17.0 Å². The Morgan fingerprint density at radius 1 is 1.14 bits per heavy atom. The third-order valence-electron chi connectivity index (χ3n) is 6.01. The maximum Gasteiger partial charge on any atom is 0.341 e. The summed E-state index contributed by atoms with van der Waals surface area (Å²) in [5.74, 6) is 1.04. The molecule has 1 aliphatic rings. The Hall–Kier alpha value is -2.85. The molecule has 1 amide bonds. The van der Waals surface area contributed by atoms with Gasteiger partial charge in [0.05, 0.1) is 25.5 Å². The third-order valence-corrected chi connectivity index (χ3v) is 8.18. The second-order valence-electron chi connectivity index (χ2n) is 8.23. The van der Waals surface area contributed by atoms with Gasteiger partial charge in [-0.25, -0.2) is 4.79 Å². The fourth-order valence-corrected chi connectivity index (χ4v) is 6.37. The van der Waals surface area contributed by atoms with Gasteiger partial charge < -0.3 is 19.4 Å². The van der Waals surface area contributed by atoms with Gasteiger partial charge in [0.1, 0.15) is 10.8 Å². The molecule has 0 fully saturated rings. The molecule has 8 nitrogen and oxygen atoms in total. The number of rotatable bonds is 8. The molecular formula is C25H30N4O4S2. The van der Waals surface area contributed by atoms with Crippen LogP contribution in [-0.4, -0.2) is 46.6 Å². The Morgan fingerprint density at radius 3 is 2.69 bits per heavy atom. The normalized spacial score (nSPS) is 13.5. The lowest BCUT2D eigenvalue weighted by Crippen LogP contribution is -2.17. The van der Waals surface area contributed by atoms with Crippen LogP contribution >= 0.6 is 23.1 Å². The van der Waals surface area contributed by atoms with E-state index in [1.54, 1.807) is 7.11 Å². The Labute approximate surface area is 213 Å². The number of nitrogens with zero attached hydrogens (tertiary/aromatic N) is 3. The Balaban J connectivity index is 1.49. The first-order valence-electron chi connectivity index (χ1n) is 11.8. The van der Waals surface area contributed by atoms with E-state index in [-0.39, 0.29) is 17.6 Å². The number of hydrogen-bond acceptors (Lipinski definition) is 8. The van der Waals surface area contributed by atoms with Gasteiger partial charge in [0.25, 0.3) is 0 Å². The van der Waals surface area contributed by atoms with Crippen LogP contribution in [0.1, 0.15) is 53.4 Å². The summed E-state index contributed by atoms with van der Waals surface area (Å²) in [5, 5.41) is 12.9. The van der Waals surface area contributed by atoms with E-state index in [1.807, 2.05) is 35.8 Å². The monoisotopic (exact) mass is 514 g/mol. The molecule has 1 aliphatic carbocycles. The summed E-state index contributed by atoms with van der Waals surface area (Å²) >= 11 is 2.82. The minimum Gasteiger partial charge on any atom is -0.497 e. The topological polar surface area (TPSA) is 95.3 Å². The first-order valence-corrected chi connectivity index (χ1v) is 13.6. The fourth-order valence-electron chi connectivity index (χ4n) is 4.27. The number of ether oxygens (including phenoxy) is 2. The molecule has 3 aromatic rings. The standard InChI is InChI=1S/C25H30N4O4S2/c1-4-29-22(16-10-9-11-17(14-16)32-2)27-28-25(29)34-15-20(30)26-23-21(24(31)33-3)18-12-7-5-6-8-13-19(18)35-23/h9-11,14H,4-8,12-13,15H2,1-3H3,(H,26,30). The zero-order valence-corrected chi connectivity index (χ0v) is 21.9. The summed E-state index contributed by atoms with van der Waals surface area (Å²) in [4.78, 5) is 26.7. The van der Waals surface area contributed by atoms with Gasteiger partial charge in [0.15, 0.2) is 11.0 Å². The van der Waals surface area contributed by atoms with Crippen LogP contribution in [0.4, 0.5) is 5.00 Å². The number of methoxy groups -OCH3 is 2. The van der Waals surface area contributed by atoms with Crippen molar-refractivity contribution in [3.63, 3.8) is 0 Å². The molecular weight excluding hydrogens is 484 g/mol. The first kappa shape index (κ1) is 25.2. The van der Waals surface area contributed by atoms with Crippen LogP contribution in [0.25, 0.3) is 11.4 Å². The van der Waals surface area contributed by atoms with Crippen molar-refractivity contribution in [3.05, 3.63) is 40.3 Å². The lowest BCUT2D eigenvalue weighted by molar-refractivity contribution is -0.113. The number of aromatic nitrogens is 3. The molecule has 10 heteroatoms. The molecule has 0 unspecified atom stereocenters. The average molecular weight is 515 g/mol. The summed E-state index contributed by atoms with van der Waals surface area (Å²) in [6.45, 7) is 2.68. The number of thioether (sulfide) groups is 1. The van der Waals surface area contributed by atoms with E-state index in [1.165, 1.54) is 41.5 Å². The number of carbonyl (C=O) groups is 2. The smallest absolute Gasteiger partial charge is 0.341 e. The highest BCUT2D eigenvalue weighted by Gasteiger charge is 2.26. The zero-order chi connectivity index (χ0) is 24.8. The highest BCUT2D eigenvalue weighted by molar-refractivity contribution is 7.99. The zero-order valence-electron chi connectivity index (χ0n) is 20.3. The van der Waals surface area contributed by atoms with Gasteiger partial charge in [0.2, 0.25) is 5.91 Å². The number of nitrogens with one attached hydrogen (secondary N) is 1. The van der Waals surface area contributed by atoms with E-state index in [0.717, 1.165) is 54.8 Å². The maximum atomic E-state index is 12.9. The quantitative estimate of drug-likeness (QED) is 0.326. The number of hydrogen-bond donors (Lipinski definition) is 1. The summed E-state index contributed by atoms with van der Waals surface area (Å²) in [7, 11) is 3.01. The van der Waals surface area contributed by atoms with Crippen LogP contribution in [-0.2, 0) is 28.9 Å². The van der Waals surface area contributed by atoms with Crippen LogP contribution in [0, 0.1) is 0 Å². The lowest BCUT2D eigenvalue weighted by Gasteiger charge is -2.11. The SMILES string of the molecule is CCn1c(SCC(=O)Nc2sc3c(c2C(=O)OC)CCCCCC3)nnc1-c1cccc(OC)c1. The van der Waals surface area contributed by atoms with Crippen LogP contribution in [0.15, 0.2) is 29.4 Å². The average Bonchev–Trinajstić information content (AvgIpc) is 3.42. The Morgan fingerprint density at radius 2 is 1.94 bits per heavy atom. The largest absolute Gasteiger partial charge is 0.497 e. The molecule has 1 aromatic carbocycles. The fraction of sp³-hybridized carbons (Fsp3) is 0.440. The number of anilines is 1. The second-order valence-corrected chi connectivity index (χ2v) is 10.3. The van der Waals surface area contributed by atoms with Gasteiger partial charge in [-0.1, -0.05) is 36.7 Å². The van der Waals surface area contributed by atoms with Gasteiger partial charge >= 0.3 is 5.97 Å². The predicted octanol–water partition coefficient (Wildman–Crippen LogP) is 5.21. The molecule has 1 N–H and O–H groups in total. The molecule has 186 valence electrons. The number of amides is 1. The van der Waals surface area contributed by atoms with Crippen molar-refractivity contribution >= 4 is 40.0 Å². The molecule has 0 aliphatic heterocycles. The molecule has 0 spiro atoms. The van der Waals surface area contributed by atoms with Crippen molar-refractivity contribution in [2.75, 3.05) is 25.3 Å². The predicted molar refractivity (Wildman–Crippen MR) is 139 cm³/mol. The minimum atomic E-state index is -0.389. The first-order chi connectivity index (χ1) is 17.0. The number of carbonyl (C=O) groups excluding carboxylic acids is 2. The molecule has 0 saturated carbocycles. The molecule has 0 saturated heterocycles. The molecule has 35 heavy (non-hydrogen) atoms. The summed E-state index contributed by atoms with van der Waals surface area (Å²) in [6.07, 6.45) is 6.26. The van der Waals surface area contributed by atoms with Crippen LogP contribution in [0.2, 0.25) is 0 Å². The maximum absolute atomic E-state index is 12.9. The highest BCUT2D eigenvalue weighted by Crippen LogP contribution is 2.37. The number of benzene rings is 1. The van der Waals surface area contributed by atoms with E-state index in [9.17, 15) is 9.59 Å². The van der Waals surface area contributed by atoms with Crippen molar-refractivity contribution in [1.29, 1.82) is 0 Å². The van der Waals surface area contributed by atoms with Gasteiger partial charge in [-0.15, -0.1) is 21.5 Å². The third kappa shape index (κ3) is 5.70. The van der Waals surface area contributed by atoms with Crippen LogP contribution < -0.4 is 10.1 Å². The van der Waals surface area contributed by atoms with E-state index < -0.39 is 0 Å². The second kappa shape index (κ2) is 11.7. The van der Waals surface area contributed by atoms with E-state index in [0.29, 0.717) is 22.3 Å². The number of aryl methyl sites for hydroxylation is 1. The number of esters is 1. The molecule has 2 aromatic heterocycles. The van der Waals surface area contributed by atoms with Crippen molar-refractivity contribution in [2.24, 2.45) is 0 Å². The van der Waals surface area contributed by atoms with Crippen molar-refractivity contribution in [2.45, 2.75) is 57.1 Å². The Kier molecular flexibility index (Phi) is 8.46. The summed E-state index contributed by atoms with van der Waals surface area (Å²) < 4.78 is 12.4. The number of thiophene rings is 1. The molecule has 2 heterocycles. The lowest BCUT2D eigenvalue weighted by atomic mass is 9.96. The van der Waals surface area contributed by atoms with Crippen molar-refractivity contribution < 1.29 is 19.1 Å². The molecule has 0 bridgehead atoms. The number of fused-ring (bicyclic) bond motifs is 1. The molecule has 0 atom stereocenters. The summed E-state index contributed by atoms with van der Waals surface area (Å²) in [6, 6.07) is 7.66. The van der Waals surface area contributed by atoms with Crippen LogP contribution in [0.5, 0.6) is 5.75 Å². The summed E-state index contributed by atoms with van der Waals surface area (Å²) in [5.41, 5.74) is 2.46. The van der Waals surface area contributed by atoms with E-state index in [2.05, 4.69) is 15.5 Å². The minimum absolute atomic E-state index is 0.152. The molecule has 4 rings (SSSR count). The van der Waals surface area contributed by atoms with Gasteiger partial charge in [-0.3, -0.25) is 4.79 Å². The van der Waals surface area contributed by atoms with Crippen molar-refractivity contribution in [1.82, 2.24) is 14.8 Å². The van der Waals surface area contributed by atoms with E-state index >= 15 is 0 Å². The van der Waals surface area contributed by atoms with E-state index in [4.69, 9.17) is 9.47 Å². The Bertz CT molecular complexity index is 1200. The van der Waals surface area contributed by atoms with Gasteiger partial charge in [-0.05, 0) is 50.3 Å². The van der Waals surface area contributed by atoms with Crippen LogP contribution in [0.3, 0.4) is 0 Å².